The Morgan fingerprint density at radius 2 is 1.83 bits per heavy atom. The number of amides is 2. The number of hydrogen-bond donors (Lipinski definition) is 7. The summed E-state index contributed by atoms with van der Waals surface area (Å²) in [6.07, 6.45) is 2.40. The zero-order valence-electron chi connectivity index (χ0n) is 24.6. The minimum absolute atomic E-state index is 0.0247. The van der Waals surface area contributed by atoms with Gasteiger partial charge in [0.15, 0.2) is 0 Å². The standard InChI is InChI=1S/C31H45N7O4/c1-19-29(39)37-25(16-20-5-7-21(18-32)8-6-20)30(40)36-13-3-4-23-17-24(28(33)34)11-12-26(23)42-15-14-35-27(22-9-10-22)31(41)38(19)2/h5-8,11-12,17,19,22,25,27,29,35,37,39H,3-4,9-10,13-16,18,32H2,1-2H3,(H3,33,34)(H,36,40)/t19-,25?,27+,29?/m1/s1. The topological polar surface area (TPSA) is 179 Å². The third kappa shape index (κ3) is 8.28. The molecule has 1 aliphatic heterocycles. The van der Waals surface area contributed by atoms with Gasteiger partial charge in [0.1, 0.15) is 24.4 Å². The van der Waals surface area contributed by atoms with Gasteiger partial charge in [-0.15, -0.1) is 0 Å². The van der Waals surface area contributed by atoms with Crippen molar-refractivity contribution < 1.29 is 19.4 Å². The molecule has 9 N–H and O–H groups in total. The second-order valence-corrected chi connectivity index (χ2v) is 11.3. The summed E-state index contributed by atoms with van der Waals surface area (Å²) in [6, 6.07) is 11.5. The van der Waals surface area contributed by atoms with Gasteiger partial charge >= 0.3 is 0 Å². The summed E-state index contributed by atoms with van der Waals surface area (Å²) in [5.41, 5.74) is 14.9. The summed E-state index contributed by atoms with van der Waals surface area (Å²) >= 11 is 0. The Balaban J connectivity index is 1.57. The molecule has 4 rings (SSSR count). The molecule has 2 aromatic rings. The van der Waals surface area contributed by atoms with Crippen LogP contribution in [-0.2, 0) is 29.0 Å². The molecule has 1 fully saturated rings. The first-order valence-electron chi connectivity index (χ1n) is 14.8. The Labute approximate surface area is 247 Å². The molecule has 1 heterocycles. The van der Waals surface area contributed by atoms with Gasteiger partial charge in [0.2, 0.25) is 11.8 Å². The van der Waals surface area contributed by atoms with Crippen LogP contribution < -0.4 is 32.2 Å². The highest BCUT2D eigenvalue weighted by molar-refractivity contribution is 5.95. The Morgan fingerprint density at radius 1 is 1.12 bits per heavy atom. The first-order chi connectivity index (χ1) is 20.2. The highest BCUT2D eigenvalue weighted by atomic mass is 16.5. The second kappa shape index (κ2) is 14.6. The molecule has 2 aromatic carbocycles. The van der Waals surface area contributed by atoms with Crippen molar-refractivity contribution in [3.63, 3.8) is 0 Å². The highest BCUT2D eigenvalue weighted by Gasteiger charge is 2.39. The first-order valence-corrected chi connectivity index (χ1v) is 14.8. The molecule has 11 nitrogen and oxygen atoms in total. The molecule has 0 spiro atoms. The number of rotatable bonds is 5. The van der Waals surface area contributed by atoms with Crippen molar-refractivity contribution >= 4 is 17.6 Å². The van der Waals surface area contributed by atoms with Crippen LogP contribution in [-0.4, -0.2) is 78.8 Å². The van der Waals surface area contributed by atoms with Gasteiger partial charge in [0.05, 0.1) is 18.1 Å². The number of carbonyl (C=O) groups is 2. The van der Waals surface area contributed by atoms with Crippen LogP contribution in [0.5, 0.6) is 5.75 Å². The lowest BCUT2D eigenvalue weighted by Crippen LogP contribution is -2.58. The van der Waals surface area contributed by atoms with Crippen molar-refractivity contribution in [2.45, 2.75) is 69.9 Å². The summed E-state index contributed by atoms with van der Waals surface area (Å²) in [5.74, 6) is 0.562. The number of nitrogens with zero attached hydrogens (tertiary/aromatic N) is 1. The van der Waals surface area contributed by atoms with E-state index >= 15 is 0 Å². The number of carbonyl (C=O) groups excluding carboxylic acids is 2. The van der Waals surface area contributed by atoms with Gasteiger partial charge in [-0.2, -0.15) is 0 Å². The second-order valence-electron chi connectivity index (χ2n) is 11.3. The number of nitrogens with two attached hydrogens (primary N) is 2. The maximum absolute atomic E-state index is 13.5. The summed E-state index contributed by atoms with van der Waals surface area (Å²) in [7, 11) is 1.69. The lowest BCUT2D eigenvalue weighted by molar-refractivity contribution is -0.137. The average Bonchev–Trinajstić information content (AvgIpc) is 3.83. The van der Waals surface area contributed by atoms with Crippen molar-refractivity contribution in [1.29, 1.82) is 5.41 Å². The number of benzene rings is 2. The summed E-state index contributed by atoms with van der Waals surface area (Å²) in [6.45, 7) is 3.44. The van der Waals surface area contributed by atoms with E-state index < -0.39 is 18.3 Å². The van der Waals surface area contributed by atoms with Gasteiger partial charge in [-0.1, -0.05) is 24.3 Å². The molecule has 4 atom stereocenters. The predicted octanol–water partition coefficient (Wildman–Crippen LogP) is 0.605. The smallest absolute Gasteiger partial charge is 0.240 e. The molecule has 2 amide bonds. The minimum atomic E-state index is -1.13. The molecular weight excluding hydrogens is 534 g/mol. The first kappa shape index (κ1) is 31.4. The third-order valence-electron chi connectivity index (χ3n) is 8.18. The van der Waals surface area contributed by atoms with E-state index in [1.54, 1.807) is 24.9 Å². The Bertz CT molecular complexity index is 1230. The van der Waals surface area contributed by atoms with Gasteiger partial charge in [-0.05, 0) is 79.8 Å². The average molecular weight is 580 g/mol. The van der Waals surface area contributed by atoms with E-state index in [9.17, 15) is 14.7 Å². The maximum atomic E-state index is 13.5. The van der Waals surface area contributed by atoms with Crippen LogP contribution in [0.25, 0.3) is 0 Å². The number of nitrogen functional groups attached to an aromatic ring is 1. The van der Waals surface area contributed by atoms with Crippen LogP contribution in [0.1, 0.15) is 48.4 Å². The van der Waals surface area contributed by atoms with E-state index in [2.05, 4.69) is 16.0 Å². The van der Waals surface area contributed by atoms with Crippen LogP contribution in [0.2, 0.25) is 0 Å². The van der Waals surface area contributed by atoms with E-state index in [0.717, 1.165) is 29.5 Å². The van der Waals surface area contributed by atoms with Crippen molar-refractivity contribution in [3.05, 3.63) is 64.7 Å². The monoisotopic (exact) mass is 579 g/mol. The molecule has 1 aliphatic carbocycles. The molecule has 0 radical (unpaired) electrons. The number of aliphatic hydroxyl groups excluding tert-OH is 1. The number of amidine groups is 1. The third-order valence-corrected chi connectivity index (χ3v) is 8.18. The molecule has 0 bridgehead atoms. The zero-order chi connectivity index (χ0) is 30.2. The quantitative estimate of drug-likeness (QED) is 0.199. The van der Waals surface area contributed by atoms with Crippen molar-refractivity contribution in [1.82, 2.24) is 20.9 Å². The van der Waals surface area contributed by atoms with Gasteiger partial charge in [-0.3, -0.25) is 20.3 Å². The fourth-order valence-electron chi connectivity index (χ4n) is 5.21. The fourth-order valence-corrected chi connectivity index (χ4v) is 5.21. The molecule has 11 heteroatoms. The molecule has 1 saturated carbocycles. The Morgan fingerprint density at radius 3 is 2.50 bits per heavy atom. The van der Waals surface area contributed by atoms with Crippen LogP contribution >= 0.6 is 0 Å². The molecule has 2 unspecified atom stereocenters. The van der Waals surface area contributed by atoms with Crippen LogP contribution in [0.3, 0.4) is 0 Å². The Kier molecular flexibility index (Phi) is 10.9. The van der Waals surface area contributed by atoms with E-state index in [0.29, 0.717) is 56.8 Å². The van der Waals surface area contributed by atoms with Gasteiger partial charge in [0, 0.05) is 32.2 Å². The number of hydrogen-bond acceptors (Lipinski definition) is 8. The summed E-state index contributed by atoms with van der Waals surface area (Å²) in [5, 5.41) is 28.5. The number of likely N-dealkylation sites (N-methyl/N-ethyl adjacent to an activating group) is 1. The highest BCUT2D eigenvalue weighted by Crippen LogP contribution is 2.33. The van der Waals surface area contributed by atoms with Crippen LogP contribution in [0.4, 0.5) is 0 Å². The number of aryl methyl sites for hydroxylation is 1. The number of ether oxygens (including phenoxy) is 1. The zero-order valence-corrected chi connectivity index (χ0v) is 24.6. The fraction of sp³-hybridized carbons (Fsp3) is 0.516. The molecule has 42 heavy (non-hydrogen) atoms. The van der Waals surface area contributed by atoms with Gasteiger partial charge in [0.25, 0.3) is 0 Å². The summed E-state index contributed by atoms with van der Waals surface area (Å²) in [4.78, 5) is 28.5. The van der Waals surface area contributed by atoms with E-state index in [-0.39, 0.29) is 29.6 Å². The largest absolute Gasteiger partial charge is 0.492 e. The van der Waals surface area contributed by atoms with Crippen LogP contribution in [0.15, 0.2) is 42.5 Å². The minimum Gasteiger partial charge on any atom is -0.492 e. The molecule has 228 valence electrons. The number of fused-ring (bicyclic) bond motifs is 1. The number of aliphatic hydroxyl groups is 1. The van der Waals surface area contributed by atoms with Crippen molar-refractivity contribution in [2.24, 2.45) is 17.4 Å². The number of nitrogens with one attached hydrogen (secondary N) is 4. The van der Waals surface area contributed by atoms with Gasteiger partial charge in [-0.25, -0.2) is 0 Å². The maximum Gasteiger partial charge on any atom is 0.240 e. The van der Waals surface area contributed by atoms with E-state index in [1.807, 2.05) is 36.4 Å². The van der Waals surface area contributed by atoms with E-state index in [1.165, 1.54) is 0 Å². The molecular formula is C31H45N7O4. The lowest BCUT2D eigenvalue weighted by atomic mass is 10.0. The molecule has 0 saturated heterocycles. The van der Waals surface area contributed by atoms with Crippen molar-refractivity contribution in [3.8, 4) is 5.75 Å². The van der Waals surface area contributed by atoms with E-state index in [4.69, 9.17) is 21.6 Å². The summed E-state index contributed by atoms with van der Waals surface area (Å²) < 4.78 is 6.09. The van der Waals surface area contributed by atoms with Crippen LogP contribution in [0, 0.1) is 11.3 Å². The Hall–Kier alpha value is -3.51. The van der Waals surface area contributed by atoms with Gasteiger partial charge < -0.3 is 36.8 Å². The molecule has 2 aliphatic rings. The SMILES string of the molecule is C[C@@H]1C(O)NC(Cc2ccc(CN)cc2)C(=O)NCCCc2cc(C(=N)N)ccc2OCCN[C@@H](C2CC2)C(=O)N1C. The lowest BCUT2D eigenvalue weighted by Gasteiger charge is -2.34. The predicted molar refractivity (Wildman–Crippen MR) is 162 cm³/mol. The normalized spacial score (nSPS) is 25.0. The molecule has 0 aromatic heterocycles. The van der Waals surface area contributed by atoms with Crippen molar-refractivity contribution in [2.75, 3.05) is 26.7 Å².